The Labute approximate surface area is 108 Å². The highest BCUT2D eigenvalue weighted by molar-refractivity contribution is 6.31. The number of rotatable bonds is 3. The van der Waals surface area contributed by atoms with Gasteiger partial charge in [0.15, 0.2) is 0 Å². The number of benzene rings is 1. The first-order valence-corrected chi connectivity index (χ1v) is 6.61. The fraction of sp³-hybridized carbons (Fsp3) is 0.571. The molecule has 1 unspecified atom stereocenters. The lowest BCUT2D eigenvalue weighted by Crippen LogP contribution is -2.34. The highest BCUT2D eigenvalue weighted by Gasteiger charge is 2.40. The molecule has 3 heteroatoms. The van der Waals surface area contributed by atoms with Crippen LogP contribution in [0, 0.1) is 12.3 Å². The van der Waals surface area contributed by atoms with Crippen molar-refractivity contribution in [1.29, 1.82) is 0 Å². The van der Waals surface area contributed by atoms with Crippen molar-refractivity contribution in [2.45, 2.75) is 38.7 Å². The fourth-order valence-corrected chi connectivity index (χ4v) is 2.99. The second-order valence-corrected chi connectivity index (χ2v) is 5.59. The molecular weight excluding hydrogens is 234 g/mol. The minimum Gasteiger partial charge on any atom is -0.388 e. The molecule has 0 amide bonds. The lowest BCUT2D eigenvalue weighted by molar-refractivity contribution is 0.0333. The molecule has 1 saturated carbocycles. The Morgan fingerprint density at radius 3 is 2.59 bits per heavy atom. The zero-order valence-electron chi connectivity index (χ0n) is 10.2. The van der Waals surface area contributed by atoms with Crippen LogP contribution in [0.15, 0.2) is 18.2 Å². The molecule has 0 bridgehead atoms. The second-order valence-electron chi connectivity index (χ2n) is 5.18. The fourth-order valence-electron chi connectivity index (χ4n) is 2.80. The molecule has 0 radical (unpaired) electrons. The van der Waals surface area contributed by atoms with E-state index in [0.717, 1.165) is 36.8 Å². The van der Waals surface area contributed by atoms with Crippen LogP contribution in [0.2, 0.25) is 5.02 Å². The number of aliphatic hydroxyl groups is 1. The zero-order valence-corrected chi connectivity index (χ0v) is 11.0. The van der Waals surface area contributed by atoms with E-state index >= 15 is 0 Å². The van der Waals surface area contributed by atoms with Gasteiger partial charge < -0.3 is 10.8 Å². The Morgan fingerprint density at radius 1 is 1.41 bits per heavy atom. The summed E-state index contributed by atoms with van der Waals surface area (Å²) in [5, 5.41) is 11.3. The molecule has 3 N–H and O–H groups in total. The molecule has 0 spiro atoms. The molecule has 1 aliphatic carbocycles. The maximum Gasteiger partial charge on any atom is 0.0858 e. The van der Waals surface area contributed by atoms with E-state index in [0.29, 0.717) is 11.6 Å². The topological polar surface area (TPSA) is 46.2 Å². The van der Waals surface area contributed by atoms with Gasteiger partial charge in [-0.05, 0) is 37.0 Å². The smallest absolute Gasteiger partial charge is 0.0858 e. The van der Waals surface area contributed by atoms with Crippen molar-refractivity contribution in [3.05, 3.63) is 34.3 Å². The van der Waals surface area contributed by atoms with E-state index in [4.69, 9.17) is 17.3 Å². The average molecular weight is 254 g/mol. The van der Waals surface area contributed by atoms with Crippen LogP contribution in [0.4, 0.5) is 0 Å². The molecule has 0 heterocycles. The third-order valence-corrected chi connectivity index (χ3v) is 4.50. The number of halogens is 1. The lowest BCUT2D eigenvalue weighted by Gasteiger charge is -2.33. The quantitative estimate of drug-likeness (QED) is 0.869. The Morgan fingerprint density at radius 2 is 2.06 bits per heavy atom. The first-order valence-electron chi connectivity index (χ1n) is 6.23. The standard InChI is InChI=1S/C14H20ClNO/c1-10-4-5-11(8-12(10)15)13(17)14(9-16)6-2-3-7-14/h4-5,8,13,17H,2-3,6-7,9,16H2,1H3. The molecule has 94 valence electrons. The summed E-state index contributed by atoms with van der Waals surface area (Å²) in [6.45, 7) is 2.51. The lowest BCUT2D eigenvalue weighted by atomic mass is 9.77. The van der Waals surface area contributed by atoms with Crippen LogP contribution < -0.4 is 5.73 Å². The molecular formula is C14H20ClNO. The van der Waals surface area contributed by atoms with Gasteiger partial charge >= 0.3 is 0 Å². The van der Waals surface area contributed by atoms with Crippen LogP contribution in [-0.2, 0) is 0 Å². The SMILES string of the molecule is Cc1ccc(C(O)C2(CN)CCCC2)cc1Cl. The van der Waals surface area contributed by atoms with E-state index in [9.17, 15) is 5.11 Å². The van der Waals surface area contributed by atoms with Gasteiger partial charge in [-0.3, -0.25) is 0 Å². The monoisotopic (exact) mass is 253 g/mol. The highest BCUT2D eigenvalue weighted by atomic mass is 35.5. The van der Waals surface area contributed by atoms with Crippen molar-refractivity contribution in [1.82, 2.24) is 0 Å². The molecule has 1 aliphatic rings. The Hall–Kier alpha value is -0.570. The van der Waals surface area contributed by atoms with E-state index < -0.39 is 6.10 Å². The Bertz CT molecular complexity index is 399. The van der Waals surface area contributed by atoms with E-state index in [1.807, 2.05) is 25.1 Å². The van der Waals surface area contributed by atoms with Crippen molar-refractivity contribution in [2.75, 3.05) is 6.54 Å². The summed E-state index contributed by atoms with van der Waals surface area (Å²) in [5.41, 5.74) is 7.68. The normalized spacial score (nSPS) is 20.5. The van der Waals surface area contributed by atoms with Gasteiger partial charge in [0, 0.05) is 17.0 Å². The number of hydrogen-bond donors (Lipinski definition) is 2. The van der Waals surface area contributed by atoms with E-state index in [1.165, 1.54) is 0 Å². The molecule has 2 nitrogen and oxygen atoms in total. The Kier molecular flexibility index (Phi) is 3.76. The zero-order chi connectivity index (χ0) is 12.5. The largest absolute Gasteiger partial charge is 0.388 e. The van der Waals surface area contributed by atoms with Crippen LogP contribution in [0.25, 0.3) is 0 Å². The van der Waals surface area contributed by atoms with Crippen molar-refractivity contribution < 1.29 is 5.11 Å². The predicted molar refractivity (Wildman–Crippen MR) is 71.1 cm³/mol. The van der Waals surface area contributed by atoms with Gasteiger partial charge in [0.05, 0.1) is 6.10 Å². The maximum atomic E-state index is 10.5. The molecule has 1 atom stereocenters. The summed E-state index contributed by atoms with van der Waals surface area (Å²) in [6, 6.07) is 5.79. The summed E-state index contributed by atoms with van der Waals surface area (Å²) in [5.74, 6) is 0. The van der Waals surface area contributed by atoms with Gasteiger partial charge in [-0.15, -0.1) is 0 Å². The minimum absolute atomic E-state index is 0.140. The van der Waals surface area contributed by atoms with Gasteiger partial charge in [0.25, 0.3) is 0 Å². The van der Waals surface area contributed by atoms with Crippen LogP contribution >= 0.6 is 11.6 Å². The molecule has 17 heavy (non-hydrogen) atoms. The van der Waals surface area contributed by atoms with Gasteiger partial charge in [-0.1, -0.05) is 36.6 Å². The summed E-state index contributed by atoms with van der Waals surface area (Å²) in [6.07, 6.45) is 3.85. The molecule has 2 rings (SSSR count). The average Bonchev–Trinajstić information content (AvgIpc) is 2.81. The predicted octanol–water partition coefficient (Wildman–Crippen LogP) is 3.20. The molecule has 1 fully saturated rings. The maximum absolute atomic E-state index is 10.5. The van der Waals surface area contributed by atoms with Gasteiger partial charge in [0.2, 0.25) is 0 Å². The van der Waals surface area contributed by atoms with Crippen molar-refractivity contribution >= 4 is 11.6 Å². The van der Waals surface area contributed by atoms with Crippen LogP contribution in [0.5, 0.6) is 0 Å². The van der Waals surface area contributed by atoms with Crippen LogP contribution in [0.1, 0.15) is 42.9 Å². The third-order valence-electron chi connectivity index (χ3n) is 4.10. The van der Waals surface area contributed by atoms with Crippen LogP contribution in [0.3, 0.4) is 0 Å². The van der Waals surface area contributed by atoms with Gasteiger partial charge in [0.1, 0.15) is 0 Å². The number of aryl methyl sites for hydroxylation is 1. The van der Waals surface area contributed by atoms with Crippen LogP contribution in [-0.4, -0.2) is 11.7 Å². The molecule has 0 aromatic heterocycles. The van der Waals surface area contributed by atoms with E-state index in [1.54, 1.807) is 0 Å². The molecule has 1 aromatic carbocycles. The molecule has 0 saturated heterocycles. The van der Waals surface area contributed by atoms with Crippen molar-refractivity contribution in [3.8, 4) is 0 Å². The van der Waals surface area contributed by atoms with Crippen molar-refractivity contribution in [3.63, 3.8) is 0 Å². The number of nitrogens with two attached hydrogens (primary N) is 1. The van der Waals surface area contributed by atoms with E-state index in [-0.39, 0.29) is 5.41 Å². The first-order chi connectivity index (χ1) is 8.09. The first kappa shape index (κ1) is 12.9. The number of aliphatic hydroxyl groups excluding tert-OH is 1. The van der Waals surface area contributed by atoms with E-state index in [2.05, 4.69) is 0 Å². The highest BCUT2D eigenvalue weighted by Crippen LogP contribution is 2.47. The summed E-state index contributed by atoms with van der Waals surface area (Å²) >= 11 is 6.11. The summed E-state index contributed by atoms with van der Waals surface area (Å²) in [7, 11) is 0. The molecule has 1 aromatic rings. The summed E-state index contributed by atoms with van der Waals surface area (Å²) < 4.78 is 0. The Balaban J connectivity index is 2.29. The van der Waals surface area contributed by atoms with Gasteiger partial charge in [-0.2, -0.15) is 0 Å². The molecule has 0 aliphatic heterocycles. The van der Waals surface area contributed by atoms with Crippen molar-refractivity contribution in [2.24, 2.45) is 11.1 Å². The number of hydrogen-bond acceptors (Lipinski definition) is 2. The minimum atomic E-state index is -0.493. The second kappa shape index (κ2) is 4.97. The summed E-state index contributed by atoms with van der Waals surface area (Å²) in [4.78, 5) is 0. The third kappa shape index (κ3) is 2.35. The van der Waals surface area contributed by atoms with Gasteiger partial charge in [-0.25, -0.2) is 0 Å².